The Hall–Kier alpha value is -0.830. The van der Waals surface area contributed by atoms with Crippen LogP contribution in [0, 0.1) is 6.92 Å². The third-order valence-corrected chi connectivity index (χ3v) is 3.10. The molecule has 1 saturated carbocycles. The predicted octanol–water partition coefficient (Wildman–Crippen LogP) is 1.79. The van der Waals surface area contributed by atoms with Crippen molar-refractivity contribution >= 4 is 0 Å². The summed E-state index contributed by atoms with van der Waals surface area (Å²) in [6.07, 6.45) is 8.48. The van der Waals surface area contributed by atoms with E-state index in [9.17, 15) is 0 Å². The van der Waals surface area contributed by atoms with Gasteiger partial charge in [0.15, 0.2) is 0 Å². The summed E-state index contributed by atoms with van der Waals surface area (Å²) in [7, 11) is 0. The average molecular weight is 193 g/mol. The molecule has 0 saturated heterocycles. The van der Waals surface area contributed by atoms with Gasteiger partial charge in [-0.1, -0.05) is 6.42 Å². The second kappa shape index (κ2) is 4.60. The Kier molecular flexibility index (Phi) is 3.19. The molecule has 1 aromatic rings. The van der Waals surface area contributed by atoms with Gasteiger partial charge in [-0.2, -0.15) is 5.10 Å². The van der Waals surface area contributed by atoms with Crippen molar-refractivity contribution in [2.45, 2.75) is 45.1 Å². The van der Waals surface area contributed by atoms with Gasteiger partial charge in [-0.05, 0) is 44.7 Å². The number of H-pyrrole nitrogens is 1. The Balaban J connectivity index is 1.60. The van der Waals surface area contributed by atoms with E-state index in [0.717, 1.165) is 19.0 Å². The third-order valence-electron chi connectivity index (χ3n) is 3.10. The highest BCUT2D eigenvalue weighted by Gasteiger charge is 2.15. The molecule has 3 nitrogen and oxygen atoms in total. The van der Waals surface area contributed by atoms with E-state index in [2.05, 4.69) is 22.4 Å². The summed E-state index contributed by atoms with van der Waals surface area (Å²) in [5.41, 5.74) is 2.58. The standard InChI is InChI=1S/C11H19N3/c1-9-10(8-13-14-9)4-3-7-12-11-5-2-6-11/h8,11-12H,2-7H2,1H3,(H,13,14). The van der Waals surface area contributed by atoms with E-state index in [0.29, 0.717) is 0 Å². The molecular formula is C11H19N3. The van der Waals surface area contributed by atoms with E-state index in [4.69, 9.17) is 0 Å². The lowest BCUT2D eigenvalue weighted by atomic mass is 9.93. The first-order chi connectivity index (χ1) is 6.86. The number of aromatic amines is 1. The van der Waals surface area contributed by atoms with Crippen LogP contribution in [0.5, 0.6) is 0 Å². The molecule has 78 valence electrons. The SMILES string of the molecule is Cc1[nH]ncc1CCCNC1CCC1. The highest BCUT2D eigenvalue weighted by molar-refractivity contribution is 5.14. The number of rotatable bonds is 5. The molecule has 1 aliphatic rings. The van der Waals surface area contributed by atoms with Gasteiger partial charge < -0.3 is 5.32 Å². The van der Waals surface area contributed by atoms with E-state index in [1.165, 1.54) is 36.9 Å². The van der Waals surface area contributed by atoms with Crippen LogP contribution >= 0.6 is 0 Å². The highest BCUT2D eigenvalue weighted by Crippen LogP contribution is 2.17. The minimum atomic E-state index is 0.820. The van der Waals surface area contributed by atoms with Crippen molar-refractivity contribution < 1.29 is 0 Å². The Morgan fingerprint density at radius 1 is 1.57 bits per heavy atom. The van der Waals surface area contributed by atoms with Gasteiger partial charge in [0.05, 0.1) is 6.20 Å². The fourth-order valence-electron chi connectivity index (χ4n) is 1.83. The lowest BCUT2D eigenvalue weighted by Gasteiger charge is -2.26. The molecule has 0 unspecified atom stereocenters. The van der Waals surface area contributed by atoms with Gasteiger partial charge in [0, 0.05) is 11.7 Å². The van der Waals surface area contributed by atoms with Crippen LogP contribution in [0.25, 0.3) is 0 Å². The van der Waals surface area contributed by atoms with Crippen LogP contribution in [-0.2, 0) is 6.42 Å². The predicted molar refractivity (Wildman–Crippen MR) is 57.3 cm³/mol. The number of nitrogens with one attached hydrogen (secondary N) is 2. The second-order valence-corrected chi connectivity index (χ2v) is 4.21. The largest absolute Gasteiger partial charge is 0.314 e. The van der Waals surface area contributed by atoms with Crippen molar-refractivity contribution in [2.24, 2.45) is 0 Å². The van der Waals surface area contributed by atoms with E-state index >= 15 is 0 Å². The van der Waals surface area contributed by atoms with Crippen molar-refractivity contribution in [2.75, 3.05) is 6.54 Å². The number of aryl methyl sites for hydroxylation is 2. The van der Waals surface area contributed by atoms with Crippen molar-refractivity contribution in [3.05, 3.63) is 17.5 Å². The van der Waals surface area contributed by atoms with Crippen molar-refractivity contribution in [1.82, 2.24) is 15.5 Å². The van der Waals surface area contributed by atoms with Crippen LogP contribution in [0.15, 0.2) is 6.20 Å². The molecule has 2 N–H and O–H groups in total. The van der Waals surface area contributed by atoms with Gasteiger partial charge in [-0.25, -0.2) is 0 Å². The van der Waals surface area contributed by atoms with E-state index in [1.807, 2.05) is 6.20 Å². The highest BCUT2D eigenvalue weighted by atomic mass is 15.1. The van der Waals surface area contributed by atoms with Gasteiger partial charge in [0.25, 0.3) is 0 Å². The Labute approximate surface area is 85.3 Å². The lowest BCUT2D eigenvalue weighted by molar-refractivity contribution is 0.339. The molecule has 0 spiro atoms. The zero-order valence-corrected chi connectivity index (χ0v) is 8.84. The number of hydrogen-bond acceptors (Lipinski definition) is 2. The molecule has 0 atom stereocenters. The van der Waals surface area contributed by atoms with Crippen LogP contribution in [0.1, 0.15) is 36.9 Å². The summed E-state index contributed by atoms with van der Waals surface area (Å²) in [5.74, 6) is 0. The van der Waals surface area contributed by atoms with Gasteiger partial charge in [-0.3, -0.25) is 5.10 Å². The monoisotopic (exact) mass is 193 g/mol. The first-order valence-electron chi connectivity index (χ1n) is 5.58. The Bertz CT molecular complexity index is 276. The molecule has 0 bridgehead atoms. The molecule has 1 fully saturated rings. The Morgan fingerprint density at radius 2 is 2.43 bits per heavy atom. The summed E-state index contributed by atoms with van der Waals surface area (Å²) in [6.45, 7) is 3.23. The summed E-state index contributed by atoms with van der Waals surface area (Å²) in [4.78, 5) is 0. The van der Waals surface area contributed by atoms with Crippen molar-refractivity contribution in [3.63, 3.8) is 0 Å². The summed E-state index contributed by atoms with van der Waals surface area (Å²) < 4.78 is 0. The lowest BCUT2D eigenvalue weighted by Crippen LogP contribution is -2.35. The molecule has 14 heavy (non-hydrogen) atoms. The zero-order chi connectivity index (χ0) is 9.80. The van der Waals surface area contributed by atoms with Crippen LogP contribution in [-0.4, -0.2) is 22.8 Å². The van der Waals surface area contributed by atoms with Crippen molar-refractivity contribution in [1.29, 1.82) is 0 Å². The zero-order valence-electron chi connectivity index (χ0n) is 8.84. The fraction of sp³-hybridized carbons (Fsp3) is 0.727. The van der Waals surface area contributed by atoms with Gasteiger partial charge in [0.1, 0.15) is 0 Å². The average Bonchev–Trinajstić information content (AvgIpc) is 2.48. The summed E-state index contributed by atoms with van der Waals surface area (Å²) in [6, 6.07) is 0.820. The van der Waals surface area contributed by atoms with Gasteiger partial charge >= 0.3 is 0 Å². The molecule has 1 aromatic heterocycles. The number of hydrogen-bond donors (Lipinski definition) is 2. The van der Waals surface area contributed by atoms with E-state index in [1.54, 1.807) is 0 Å². The van der Waals surface area contributed by atoms with Gasteiger partial charge in [-0.15, -0.1) is 0 Å². The van der Waals surface area contributed by atoms with Crippen LogP contribution < -0.4 is 5.32 Å². The summed E-state index contributed by atoms with van der Waals surface area (Å²) >= 11 is 0. The maximum atomic E-state index is 4.02. The fourth-order valence-corrected chi connectivity index (χ4v) is 1.83. The molecule has 3 heteroatoms. The number of aromatic nitrogens is 2. The van der Waals surface area contributed by atoms with Crippen molar-refractivity contribution in [3.8, 4) is 0 Å². The maximum Gasteiger partial charge on any atom is 0.0522 e. The topological polar surface area (TPSA) is 40.7 Å². The first-order valence-corrected chi connectivity index (χ1v) is 5.58. The van der Waals surface area contributed by atoms with Crippen LogP contribution in [0.2, 0.25) is 0 Å². The van der Waals surface area contributed by atoms with Gasteiger partial charge in [0.2, 0.25) is 0 Å². The van der Waals surface area contributed by atoms with Crippen LogP contribution in [0.4, 0.5) is 0 Å². The third kappa shape index (κ3) is 2.35. The molecule has 0 aromatic carbocycles. The quantitative estimate of drug-likeness (QED) is 0.700. The molecule has 0 radical (unpaired) electrons. The minimum Gasteiger partial charge on any atom is -0.314 e. The van der Waals surface area contributed by atoms with E-state index in [-0.39, 0.29) is 0 Å². The molecule has 2 rings (SSSR count). The summed E-state index contributed by atoms with van der Waals surface area (Å²) in [5, 5.41) is 10.6. The normalized spacial score (nSPS) is 16.9. The molecular weight excluding hydrogens is 174 g/mol. The Morgan fingerprint density at radius 3 is 3.00 bits per heavy atom. The maximum absolute atomic E-state index is 4.02. The smallest absolute Gasteiger partial charge is 0.0522 e. The molecule has 0 aliphatic heterocycles. The van der Waals surface area contributed by atoms with E-state index < -0.39 is 0 Å². The second-order valence-electron chi connectivity index (χ2n) is 4.21. The van der Waals surface area contributed by atoms with Crippen LogP contribution in [0.3, 0.4) is 0 Å². The minimum absolute atomic E-state index is 0.820. The molecule has 1 aliphatic carbocycles. The number of nitrogens with zero attached hydrogens (tertiary/aromatic N) is 1. The molecule has 0 amide bonds. The first kappa shape index (κ1) is 9.71. The molecule has 1 heterocycles.